The molecule has 0 radical (unpaired) electrons. The molecule has 2 N–H and O–H groups in total. The Labute approximate surface area is 122 Å². The largest absolute Gasteiger partial charge is 0.398 e. The van der Waals surface area contributed by atoms with Crippen molar-refractivity contribution < 1.29 is 8.91 Å². The lowest BCUT2D eigenvalue weighted by atomic mass is 10.2. The Bertz CT molecular complexity index is 773. The number of halogens is 2. The molecule has 2 aromatic carbocycles. The highest BCUT2D eigenvalue weighted by molar-refractivity contribution is 9.10. The predicted octanol–water partition coefficient (Wildman–Crippen LogP) is 3.89. The van der Waals surface area contributed by atoms with E-state index < -0.39 is 5.82 Å². The molecule has 4 nitrogen and oxygen atoms in total. The Kier molecular flexibility index (Phi) is 3.23. The zero-order chi connectivity index (χ0) is 14.1. The molecule has 0 saturated heterocycles. The van der Waals surface area contributed by atoms with Crippen LogP contribution in [0.25, 0.3) is 22.8 Å². The number of hydrogen-bond acceptors (Lipinski definition) is 4. The summed E-state index contributed by atoms with van der Waals surface area (Å²) in [6.07, 6.45) is 0. The Hall–Kier alpha value is -2.21. The summed E-state index contributed by atoms with van der Waals surface area (Å²) in [6.45, 7) is 0. The van der Waals surface area contributed by atoms with Gasteiger partial charge in [-0.05, 0) is 46.3 Å². The van der Waals surface area contributed by atoms with Crippen molar-refractivity contribution in [3.05, 3.63) is 52.8 Å². The summed E-state index contributed by atoms with van der Waals surface area (Å²) in [7, 11) is 0. The van der Waals surface area contributed by atoms with Crippen LogP contribution in [0.5, 0.6) is 0 Å². The van der Waals surface area contributed by atoms with Gasteiger partial charge < -0.3 is 10.3 Å². The second kappa shape index (κ2) is 5.05. The van der Waals surface area contributed by atoms with Crippen molar-refractivity contribution in [2.75, 3.05) is 5.73 Å². The fourth-order valence-electron chi connectivity index (χ4n) is 1.77. The van der Waals surface area contributed by atoms with E-state index in [1.165, 1.54) is 6.07 Å². The van der Waals surface area contributed by atoms with Crippen LogP contribution in [0.4, 0.5) is 10.1 Å². The van der Waals surface area contributed by atoms with Gasteiger partial charge in [0.05, 0.1) is 5.56 Å². The van der Waals surface area contributed by atoms with E-state index in [4.69, 9.17) is 10.3 Å². The van der Waals surface area contributed by atoms with E-state index in [0.29, 0.717) is 22.7 Å². The first-order valence-electron chi connectivity index (χ1n) is 5.79. The smallest absolute Gasteiger partial charge is 0.258 e. The van der Waals surface area contributed by atoms with Gasteiger partial charge in [-0.3, -0.25) is 0 Å². The second-order valence-corrected chi connectivity index (χ2v) is 4.99. The van der Waals surface area contributed by atoms with Crippen molar-refractivity contribution in [1.29, 1.82) is 0 Å². The van der Waals surface area contributed by atoms with Crippen molar-refractivity contribution in [3.63, 3.8) is 0 Å². The molecule has 0 fully saturated rings. The lowest BCUT2D eigenvalue weighted by Gasteiger charge is -1.99. The molecule has 0 bridgehead atoms. The van der Waals surface area contributed by atoms with Crippen LogP contribution in [0.1, 0.15) is 0 Å². The fraction of sp³-hybridized carbons (Fsp3) is 0. The standard InChI is InChI=1S/C14H9BrFN3O/c15-10-6-5-8(7-12(10)17)14-18-13(19-20-14)9-3-1-2-4-11(9)16/h1-7H,17H2. The first kappa shape index (κ1) is 12.8. The summed E-state index contributed by atoms with van der Waals surface area (Å²) in [5, 5.41) is 3.80. The third-order valence-electron chi connectivity index (χ3n) is 2.78. The van der Waals surface area contributed by atoms with E-state index in [2.05, 4.69) is 26.1 Å². The van der Waals surface area contributed by atoms with Crippen molar-refractivity contribution in [2.45, 2.75) is 0 Å². The number of aromatic nitrogens is 2. The maximum atomic E-state index is 13.7. The SMILES string of the molecule is Nc1cc(-c2nc(-c3ccccc3F)no2)ccc1Br. The number of benzene rings is 2. The first-order chi connectivity index (χ1) is 9.65. The minimum absolute atomic E-state index is 0.208. The molecular weight excluding hydrogens is 325 g/mol. The van der Waals surface area contributed by atoms with Crippen LogP contribution in [0.15, 0.2) is 51.5 Å². The highest BCUT2D eigenvalue weighted by atomic mass is 79.9. The van der Waals surface area contributed by atoms with E-state index in [-0.39, 0.29) is 5.82 Å². The Balaban J connectivity index is 2.02. The van der Waals surface area contributed by atoms with Gasteiger partial charge >= 0.3 is 0 Å². The van der Waals surface area contributed by atoms with Gasteiger partial charge in [0.1, 0.15) is 5.82 Å². The van der Waals surface area contributed by atoms with Gasteiger partial charge in [0.25, 0.3) is 5.89 Å². The van der Waals surface area contributed by atoms with Crippen LogP contribution < -0.4 is 5.73 Å². The van der Waals surface area contributed by atoms with Crippen LogP contribution in [0.2, 0.25) is 0 Å². The van der Waals surface area contributed by atoms with Crippen molar-refractivity contribution in [3.8, 4) is 22.8 Å². The third kappa shape index (κ3) is 2.30. The van der Waals surface area contributed by atoms with Crippen LogP contribution in [-0.4, -0.2) is 10.1 Å². The minimum atomic E-state index is -0.393. The molecule has 3 aromatic rings. The van der Waals surface area contributed by atoms with Gasteiger partial charge in [-0.2, -0.15) is 4.98 Å². The maximum absolute atomic E-state index is 13.7. The summed E-state index contributed by atoms with van der Waals surface area (Å²) in [4.78, 5) is 4.19. The number of nitrogens with two attached hydrogens (primary N) is 1. The van der Waals surface area contributed by atoms with Crippen LogP contribution >= 0.6 is 15.9 Å². The summed E-state index contributed by atoms with van der Waals surface area (Å²) in [6, 6.07) is 11.6. The highest BCUT2D eigenvalue weighted by Gasteiger charge is 2.14. The van der Waals surface area contributed by atoms with Crippen LogP contribution in [0.3, 0.4) is 0 Å². The van der Waals surface area contributed by atoms with Gasteiger partial charge in [-0.15, -0.1) is 0 Å². The zero-order valence-corrected chi connectivity index (χ0v) is 11.8. The van der Waals surface area contributed by atoms with Gasteiger partial charge in [-0.1, -0.05) is 17.3 Å². The van der Waals surface area contributed by atoms with Gasteiger partial charge in [0.15, 0.2) is 0 Å². The average molecular weight is 334 g/mol. The maximum Gasteiger partial charge on any atom is 0.258 e. The molecule has 0 amide bonds. The molecule has 20 heavy (non-hydrogen) atoms. The molecule has 3 rings (SSSR count). The van der Waals surface area contributed by atoms with Crippen molar-refractivity contribution >= 4 is 21.6 Å². The average Bonchev–Trinajstić information content (AvgIpc) is 2.92. The summed E-state index contributed by atoms with van der Waals surface area (Å²) in [5.74, 6) is 0.109. The van der Waals surface area contributed by atoms with E-state index in [1.807, 2.05) is 0 Å². The molecular formula is C14H9BrFN3O. The third-order valence-corrected chi connectivity index (χ3v) is 3.51. The summed E-state index contributed by atoms with van der Waals surface area (Å²) in [5.41, 5.74) is 7.35. The molecule has 6 heteroatoms. The first-order valence-corrected chi connectivity index (χ1v) is 6.58. The van der Waals surface area contributed by atoms with Gasteiger partial charge in [-0.25, -0.2) is 4.39 Å². The zero-order valence-electron chi connectivity index (χ0n) is 10.2. The quantitative estimate of drug-likeness (QED) is 0.722. The van der Waals surface area contributed by atoms with Crippen molar-refractivity contribution in [1.82, 2.24) is 10.1 Å². The minimum Gasteiger partial charge on any atom is -0.398 e. The number of nitrogens with zero attached hydrogens (tertiary/aromatic N) is 2. The molecule has 0 saturated carbocycles. The molecule has 0 aliphatic rings. The normalized spacial score (nSPS) is 10.7. The molecule has 0 aliphatic heterocycles. The Morgan fingerprint density at radius 2 is 1.95 bits per heavy atom. The molecule has 0 unspecified atom stereocenters. The summed E-state index contributed by atoms with van der Waals surface area (Å²) >= 11 is 3.31. The Morgan fingerprint density at radius 1 is 1.15 bits per heavy atom. The van der Waals surface area contributed by atoms with E-state index in [1.54, 1.807) is 36.4 Å². The molecule has 1 aromatic heterocycles. The number of rotatable bonds is 2. The van der Waals surface area contributed by atoms with E-state index >= 15 is 0 Å². The predicted molar refractivity (Wildman–Crippen MR) is 77.2 cm³/mol. The van der Waals surface area contributed by atoms with E-state index in [0.717, 1.165) is 4.47 Å². The molecule has 0 aliphatic carbocycles. The lowest BCUT2D eigenvalue weighted by molar-refractivity contribution is 0.432. The van der Waals surface area contributed by atoms with Crippen molar-refractivity contribution in [2.24, 2.45) is 0 Å². The van der Waals surface area contributed by atoms with Gasteiger partial charge in [0, 0.05) is 15.7 Å². The monoisotopic (exact) mass is 333 g/mol. The van der Waals surface area contributed by atoms with Crippen LogP contribution in [0, 0.1) is 5.82 Å². The highest BCUT2D eigenvalue weighted by Crippen LogP contribution is 2.28. The molecule has 0 atom stereocenters. The number of anilines is 1. The molecule has 100 valence electrons. The Morgan fingerprint density at radius 3 is 2.70 bits per heavy atom. The molecule has 0 spiro atoms. The second-order valence-electron chi connectivity index (χ2n) is 4.14. The fourth-order valence-corrected chi connectivity index (χ4v) is 2.02. The lowest BCUT2D eigenvalue weighted by Crippen LogP contribution is -1.88. The van der Waals surface area contributed by atoms with E-state index in [9.17, 15) is 4.39 Å². The number of hydrogen-bond donors (Lipinski definition) is 1. The molecule has 1 heterocycles. The van der Waals surface area contributed by atoms with Crippen LogP contribution in [-0.2, 0) is 0 Å². The van der Waals surface area contributed by atoms with Gasteiger partial charge in [0.2, 0.25) is 5.82 Å². The topological polar surface area (TPSA) is 64.9 Å². The number of nitrogen functional groups attached to an aromatic ring is 1. The summed E-state index contributed by atoms with van der Waals surface area (Å²) < 4.78 is 19.6.